The zero-order valence-electron chi connectivity index (χ0n) is 12.5. The second-order valence-corrected chi connectivity index (χ2v) is 6.13. The third-order valence-corrected chi connectivity index (χ3v) is 3.30. The van der Waals surface area contributed by atoms with Gasteiger partial charge in [-0.2, -0.15) is 0 Å². The van der Waals surface area contributed by atoms with E-state index in [1.165, 1.54) is 4.90 Å². The lowest BCUT2D eigenvalue weighted by Gasteiger charge is -2.29. The summed E-state index contributed by atoms with van der Waals surface area (Å²) in [5.74, 6) is -0.871. The van der Waals surface area contributed by atoms with Gasteiger partial charge in [0, 0.05) is 30.6 Å². The van der Waals surface area contributed by atoms with Crippen molar-refractivity contribution in [1.82, 2.24) is 10.2 Å². The number of carbonyl (C=O) groups excluding carboxylic acids is 1. The van der Waals surface area contributed by atoms with Gasteiger partial charge in [0.1, 0.15) is 0 Å². The second-order valence-electron chi connectivity index (χ2n) is 5.69. The molecule has 0 aliphatic heterocycles. The highest BCUT2D eigenvalue weighted by atomic mass is 35.5. The van der Waals surface area contributed by atoms with Gasteiger partial charge in [-0.25, -0.2) is 4.79 Å². The molecule has 0 saturated carbocycles. The number of hydrogen-bond acceptors (Lipinski definition) is 2. The summed E-state index contributed by atoms with van der Waals surface area (Å²) in [4.78, 5) is 24.3. The molecule has 0 aromatic heterocycles. The fourth-order valence-electron chi connectivity index (χ4n) is 1.85. The van der Waals surface area contributed by atoms with E-state index in [0.29, 0.717) is 18.0 Å². The van der Waals surface area contributed by atoms with Gasteiger partial charge < -0.3 is 15.3 Å². The summed E-state index contributed by atoms with van der Waals surface area (Å²) < 4.78 is 0. The lowest BCUT2D eigenvalue weighted by atomic mass is 9.99. The van der Waals surface area contributed by atoms with Crippen molar-refractivity contribution in [3.05, 3.63) is 34.9 Å². The highest BCUT2D eigenvalue weighted by Crippen LogP contribution is 2.14. The van der Waals surface area contributed by atoms with Crippen LogP contribution in [-0.2, 0) is 11.3 Å². The fourth-order valence-corrected chi connectivity index (χ4v) is 2.06. The van der Waals surface area contributed by atoms with Crippen molar-refractivity contribution in [1.29, 1.82) is 0 Å². The molecule has 0 fully saturated rings. The Morgan fingerprint density at radius 2 is 2.05 bits per heavy atom. The van der Waals surface area contributed by atoms with E-state index in [-0.39, 0.29) is 12.5 Å². The molecule has 0 unspecified atom stereocenters. The van der Waals surface area contributed by atoms with Crippen LogP contribution in [0.2, 0.25) is 5.02 Å². The number of halogens is 1. The van der Waals surface area contributed by atoms with Crippen LogP contribution in [0.1, 0.15) is 32.3 Å². The normalized spacial score (nSPS) is 11.0. The number of hydrogen-bond donors (Lipinski definition) is 2. The smallest absolute Gasteiger partial charge is 0.317 e. The summed E-state index contributed by atoms with van der Waals surface area (Å²) in [6.07, 6.45) is 0.393. The Balaban J connectivity index is 2.56. The van der Waals surface area contributed by atoms with E-state index in [4.69, 9.17) is 16.7 Å². The number of urea groups is 1. The molecule has 2 N–H and O–H groups in total. The molecule has 21 heavy (non-hydrogen) atoms. The predicted octanol–water partition coefficient (Wildman–Crippen LogP) is 3.12. The van der Waals surface area contributed by atoms with Crippen molar-refractivity contribution < 1.29 is 14.7 Å². The molecule has 0 atom stereocenters. The van der Waals surface area contributed by atoms with Gasteiger partial charge in [0.05, 0.1) is 0 Å². The molecule has 0 spiro atoms. The summed E-state index contributed by atoms with van der Waals surface area (Å²) in [6, 6.07) is 7.07. The highest BCUT2D eigenvalue weighted by Gasteiger charge is 2.23. The summed E-state index contributed by atoms with van der Waals surface area (Å²) >= 11 is 5.91. The van der Waals surface area contributed by atoms with Crippen LogP contribution in [0.5, 0.6) is 0 Å². The molecular weight excluding hydrogens is 292 g/mol. The summed E-state index contributed by atoms with van der Waals surface area (Å²) in [5, 5.41) is 12.2. The Morgan fingerprint density at radius 1 is 1.38 bits per heavy atom. The van der Waals surface area contributed by atoms with Crippen molar-refractivity contribution in [2.75, 3.05) is 7.05 Å². The fraction of sp³-hybridized carbons (Fsp3) is 0.467. The quantitative estimate of drug-likeness (QED) is 0.848. The standard InChI is InChI=1S/C15H21ClN2O3/c1-15(2,8-7-13(19)20)17-14(21)18(3)10-11-5-4-6-12(16)9-11/h4-6,9H,7-8,10H2,1-3H3,(H,17,21)(H,19,20). The van der Waals surface area contributed by atoms with Gasteiger partial charge in [0.2, 0.25) is 0 Å². The minimum atomic E-state index is -0.871. The number of carboxylic acids is 1. The van der Waals surface area contributed by atoms with Gasteiger partial charge in [-0.05, 0) is 38.0 Å². The third kappa shape index (κ3) is 6.49. The zero-order valence-corrected chi connectivity index (χ0v) is 13.3. The zero-order chi connectivity index (χ0) is 16.0. The van der Waals surface area contributed by atoms with Crippen LogP contribution in [0, 0.1) is 0 Å². The Bertz CT molecular complexity index is 517. The first kappa shape index (κ1) is 17.3. The van der Waals surface area contributed by atoms with E-state index in [1.807, 2.05) is 12.1 Å². The van der Waals surface area contributed by atoms with Gasteiger partial charge >= 0.3 is 12.0 Å². The number of rotatable bonds is 6. The van der Waals surface area contributed by atoms with E-state index in [9.17, 15) is 9.59 Å². The molecule has 1 aromatic carbocycles. The molecule has 116 valence electrons. The minimum absolute atomic E-state index is 0.0191. The summed E-state index contributed by atoms with van der Waals surface area (Å²) in [6.45, 7) is 4.05. The van der Waals surface area contributed by atoms with Crippen LogP contribution < -0.4 is 5.32 Å². The largest absolute Gasteiger partial charge is 0.481 e. The minimum Gasteiger partial charge on any atom is -0.481 e. The van der Waals surface area contributed by atoms with Crippen LogP contribution in [0.15, 0.2) is 24.3 Å². The maximum Gasteiger partial charge on any atom is 0.317 e. The van der Waals surface area contributed by atoms with Gasteiger partial charge in [0.15, 0.2) is 0 Å². The molecule has 0 bridgehead atoms. The number of benzene rings is 1. The monoisotopic (exact) mass is 312 g/mol. The van der Waals surface area contributed by atoms with Crippen molar-refractivity contribution in [2.45, 2.75) is 38.8 Å². The first-order valence-electron chi connectivity index (χ1n) is 6.69. The lowest BCUT2D eigenvalue weighted by molar-refractivity contribution is -0.137. The van der Waals surface area contributed by atoms with E-state index in [2.05, 4.69) is 5.32 Å². The SMILES string of the molecule is CN(Cc1cccc(Cl)c1)C(=O)NC(C)(C)CCC(=O)O. The van der Waals surface area contributed by atoms with Crippen LogP contribution in [-0.4, -0.2) is 34.6 Å². The van der Waals surface area contributed by atoms with E-state index >= 15 is 0 Å². The van der Waals surface area contributed by atoms with Gasteiger partial charge in [0.25, 0.3) is 0 Å². The number of carbonyl (C=O) groups is 2. The van der Waals surface area contributed by atoms with Crippen LogP contribution in [0.25, 0.3) is 0 Å². The molecule has 0 heterocycles. The Kier molecular flexibility index (Phi) is 6.03. The predicted molar refractivity (Wildman–Crippen MR) is 82.4 cm³/mol. The number of nitrogens with zero attached hydrogens (tertiary/aromatic N) is 1. The van der Waals surface area contributed by atoms with E-state index in [1.54, 1.807) is 33.0 Å². The van der Waals surface area contributed by atoms with E-state index < -0.39 is 11.5 Å². The maximum atomic E-state index is 12.1. The number of carboxylic acid groups (broad SMARTS) is 1. The maximum absolute atomic E-state index is 12.1. The third-order valence-electron chi connectivity index (χ3n) is 3.06. The average Bonchev–Trinajstić information content (AvgIpc) is 2.36. The van der Waals surface area contributed by atoms with Gasteiger partial charge in [-0.3, -0.25) is 4.79 Å². The molecule has 5 nitrogen and oxygen atoms in total. The van der Waals surface area contributed by atoms with Crippen LogP contribution in [0.3, 0.4) is 0 Å². The van der Waals surface area contributed by atoms with E-state index in [0.717, 1.165) is 5.56 Å². The molecule has 0 radical (unpaired) electrons. The number of amides is 2. The van der Waals surface area contributed by atoms with Crippen LogP contribution in [0.4, 0.5) is 4.79 Å². The summed E-state index contributed by atoms with van der Waals surface area (Å²) in [7, 11) is 1.68. The molecule has 1 rings (SSSR count). The second kappa shape index (κ2) is 7.31. The van der Waals surface area contributed by atoms with Crippen molar-refractivity contribution in [3.8, 4) is 0 Å². The van der Waals surface area contributed by atoms with Crippen LogP contribution >= 0.6 is 11.6 Å². The highest BCUT2D eigenvalue weighted by molar-refractivity contribution is 6.30. The van der Waals surface area contributed by atoms with Gasteiger partial charge in [-0.15, -0.1) is 0 Å². The van der Waals surface area contributed by atoms with Gasteiger partial charge in [-0.1, -0.05) is 23.7 Å². The first-order valence-corrected chi connectivity index (χ1v) is 7.07. The topological polar surface area (TPSA) is 69.6 Å². The molecule has 1 aromatic rings. The molecule has 0 aliphatic carbocycles. The molecular formula is C15H21ClN2O3. The molecule has 0 aliphatic rings. The Morgan fingerprint density at radius 3 is 2.62 bits per heavy atom. The van der Waals surface area contributed by atoms with Crippen molar-refractivity contribution in [3.63, 3.8) is 0 Å². The molecule has 2 amide bonds. The lowest BCUT2D eigenvalue weighted by Crippen LogP contribution is -2.48. The first-order chi connectivity index (χ1) is 9.69. The average molecular weight is 313 g/mol. The molecule has 6 heteroatoms. The van der Waals surface area contributed by atoms with Crippen molar-refractivity contribution >= 4 is 23.6 Å². The summed E-state index contributed by atoms with van der Waals surface area (Å²) in [5.41, 5.74) is 0.362. The Labute approximate surface area is 129 Å². The van der Waals surface area contributed by atoms with Crippen molar-refractivity contribution in [2.24, 2.45) is 0 Å². The Hall–Kier alpha value is -1.75. The number of nitrogens with one attached hydrogen (secondary N) is 1. The number of aliphatic carboxylic acids is 1. The molecule has 0 saturated heterocycles.